The summed E-state index contributed by atoms with van der Waals surface area (Å²) in [6.07, 6.45) is 3.94. The van der Waals surface area contributed by atoms with E-state index in [1.807, 2.05) is 6.92 Å². The lowest BCUT2D eigenvalue weighted by atomic mass is 9.92. The third kappa shape index (κ3) is 1.91. The smallest absolute Gasteiger partial charge is 0.271 e. The van der Waals surface area contributed by atoms with Crippen molar-refractivity contribution in [2.45, 2.75) is 25.8 Å². The van der Waals surface area contributed by atoms with Crippen molar-refractivity contribution in [3.63, 3.8) is 0 Å². The Bertz CT molecular complexity index is 386. The van der Waals surface area contributed by atoms with E-state index in [-0.39, 0.29) is 5.71 Å². The Balaban J connectivity index is 3.19. The van der Waals surface area contributed by atoms with Gasteiger partial charge in [0.15, 0.2) is 5.71 Å². The quantitative estimate of drug-likeness (QED) is 0.446. The number of rotatable bonds is 4. The Morgan fingerprint density at radius 3 is 2.75 bits per heavy atom. The number of hydrogen-bond donors (Lipinski definition) is 2. The lowest BCUT2D eigenvalue weighted by Crippen LogP contribution is -2.46. The van der Waals surface area contributed by atoms with Gasteiger partial charge < -0.3 is 10.5 Å². The number of aromatic nitrogens is 2. The van der Waals surface area contributed by atoms with Crippen LogP contribution in [0.2, 0.25) is 0 Å². The second kappa shape index (κ2) is 4.78. The molecule has 0 saturated heterocycles. The Labute approximate surface area is 93.9 Å². The van der Waals surface area contributed by atoms with Gasteiger partial charge in [0, 0.05) is 19.4 Å². The van der Waals surface area contributed by atoms with Crippen LogP contribution in [0.5, 0.6) is 0 Å². The molecule has 0 aliphatic rings. The number of amides is 1. The van der Waals surface area contributed by atoms with Gasteiger partial charge in [0.05, 0.1) is 0 Å². The van der Waals surface area contributed by atoms with Crippen LogP contribution in [0.4, 0.5) is 0 Å². The highest BCUT2D eigenvalue weighted by Crippen LogP contribution is 2.21. The molecule has 16 heavy (non-hydrogen) atoms. The van der Waals surface area contributed by atoms with Gasteiger partial charge in [-0.1, -0.05) is 12.1 Å². The van der Waals surface area contributed by atoms with Gasteiger partial charge in [-0.25, -0.2) is 0 Å². The van der Waals surface area contributed by atoms with Crippen molar-refractivity contribution in [1.82, 2.24) is 15.1 Å². The van der Waals surface area contributed by atoms with Gasteiger partial charge in [-0.2, -0.15) is 5.10 Å². The molecular formula is C10H16N4O2. The maximum Gasteiger partial charge on any atom is 0.271 e. The highest BCUT2D eigenvalue weighted by atomic mass is 16.4. The van der Waals surface area contributed by atoms with Gasteiger partial charge in [0.25, 0.3) is 5.91 Å². The van der Waals surface area contributed by atoms with E-state index >= 15 is 0 Å². The molecule has 0 radical (unpaired) electrons. The summed E-state index contributed by atoms with van der Waals surface area (Å²) < 4.78 is 1.61. The van der Waals surface area contributed by atoms with E-state index in [0.29, 0.717) is 6.42 Å². The first-order valence-corrected chi connectivity index (χ1v) is 5.05. The van der Waals surface area contributed by atoms with Gasteiger partial charge in [-0.15, -0.1) is 0 Å². The Hall–Kier alpha value is -1.85. The van der Waals surface area contributed by atoms with Gasteiger partial charge in [0.2, 0.25) is 0 Å². The van der Waals surface area contributed by atoms with Crippen molar-refractivity contribution in [3.8, 4) is 0 Å². The Kier molecular flexibility index (Phi) is 3.65. The molecule has 1 aromatic rings. The average molecular weight is 224 g/mol. The van der Waals surface area contributed by atoms with Gasteiger partial charge in [0.1, 0.15) is 5.54 Å². The predicted molar refractivity (Wildman–Crippen MR) is 59.5 cm³/mol. The highest BCUT2D eigenvalue weighted by molar-refractivity contribution is 6.41. The monoisotopic (exact) mass is 224 g/mol. The fraction of sp³-hybridized carbons (Fsp3) is 0.500. The lowest BCUT2D eigenvalue weighted by molar-refractivity contribution is -0.115. The van der Waals surface area contributed by atoms with Crippen molar-refractivity contribution >= 4 is 11.6 Å². The number of oxime groups is 1. The molecule has 0 bridgehead atoms. The number of carbonyl (C=O) groups is 1. The van der Waals surface area contributed by atoms with Gasteiger partial charge in [-0.05, 0) is 19.4 Å². The van der Waals surface area contributed by atoms with Crippen molar-refractivity contribution in [1.29, 1.82) is 0 Å². The minimum atomic E-state index is -0.752. The fourth-order valence-corrected chi connectivity index (χ4v) is 1.51. The van der Waals surface area contributed by atoms with E-state index in [0.717, 1.165) is 0 Å². The Morgan fingerprint density at radius 2 is 2.38 bits per heavy atom. The second-order valence-electron chi connectivity index (χ2n) is 3.61. The molecule has 0 aliphatic heterocycles. The molecule has 0 aromatic carbocycles. The SMILES string of the molecule is CCC(C)(/C(=N\O)C(=O)NC)n1cccn1. The first-order chi connectivity index (χ1) is 7.60. The number of nitrogens with zero attached hydrogens (tertiary/aromatic N) is 3. The standard InChI is InChI=1S/C10H16N4O2/c1-4-10(2,14-7-5-6-12-14)8(13-16)9(15)11-3/h5-7,16H,4H2,1-3H3,(H,11,15)/b13-8-. The summed E-state index contributed by atoms with van der Waals surface area (Å²) in [5, 5.41) is 18.6. The minimum Gasteiger partial charge on any atom is -0.410 e. The first-order valence-electron chi connectivity index (χ1n) is 5.05. The number of carbonyl (C=O) groups excluding carboxylic acids is 1. The third-order valence-electron chi connectivity index (χ3n) is 2.75. The van der Waals surface area contributed by atoms with Crippen LogP contribution < -0.4 is 5.32 Å². The molecule has 2 N–H and O–H groups in total. The molecule has 0 saturated carbocycles. The summed E-state index contributed by atoms with van der Waals surface area (Å²) in [4.78, 5) is 11.6. The van der Waals surface area contributed by atoms with Crippen LogP contribution in [0, 0.1) is 0 Å². The minimum absolute atomic E-state index is 0.0428. The topological polar surface area (TPSA) is 79.5 Å². The zero-order valence-electron chi connectivity index (χ0n) is 9.64. The summed E-state index contributed by atoms with van der Waals surface area (Å²) in [7, 11) is 1.49. The molecular weight excluding hydrogens is 208 g/mol. The molecule has 1 rings (SSSR count). The second-order valence-corrected chi connectivity index (χ2v) is 3.61. The van der Waals surface area contributed by atoms with Crippen LogP contribution in [0.1, 0.15) is 20.3 Å². The van der Waals surface area contributed by atoms with E-state index in [4.69, 9.17) is 5.21 Å². The molecule has 6 heteroatoms. The summed E-state index contributed by atoms with van der Waals surface area (Å²) in [6.45, 7) is 3.69. The molecule has 1 unspecified atom stereocenters. The van der Waals surface area contributed by atoms with E-state index in [1.54, 1.807) is 30.1 Å². The van der Waals surface area contributed by atoms with Crippen LogP contribution in [0.15, 0.2) is 23.6 Å². The van der Waals surface area contributed by atoms with Crippen molar-refractivity contribution in [3.05, 3.63) is 18.5 Å². The summed E-state index contributed by atoms with van der Waals surface area (Å²) >= 11 is 0. The third-order valence-corrected chi connectivity index (χ3v) is 2.75. The summed E-state index contributed by atoms with van der Waals surface area (Å²) in [5.74, 6) is -0.414. The maximum absolute atomic E-state index is 11.6. The van der Waals surface area contributed by atoms with Crippen molar-refractivity contribution in [2.24, 2.45) is 5.16 Å². The predicted octanol–water partition coefficient (Wildman–Crippen LogP) is 0.584. The van der Waals surface area contributed by atoms with E-state index in [1.165, 1.54) is 7.05 Å². The van der Waals surface area contributed by atoms with E-state index in [2.05, 4.69) is 15.6 Å². The summed E-state index contributed by atoms with van der Waals surface area (Å²) in [6, 6.07) is 1.76. The van der Waals surface area contributed by atoms with Crippen LogP contribution in [0.3, 0.4) is 0 Å². The first kappa shape index (κ1) is 12.2. The molecule has 0 aliphatic carbocycles. The van der Waals surface area contributed by atoms with Crippen LogP contribution in [-0.2, 0) is 10.3 Å². The van der Waals surface area contributed by atoms with Crippen LogP contribution in [0.25, 0.3) is 0 Å². The largest absolute Gasteiger partial charge is 0.410 e. The maximum atomic E-state index is 11.6. The number of nitrogens with one attached hydrogen (secondary N) is 1. The molecule has 0 spiro atoms. The van der Waals surface area contributed by atoms with Gasteiger partial charge >= 0.3 is 0 Å². The van der Waals surface area contributed by atoms with Crippen molar-refractivity contribution < 1.29 is 10.0 Å². The number of hydrogen-bond acceptors (Lipinski definition) is 4. The Morgan fingerprint density at radius 1 is 1.69 bits per heavy atom. The zero-order valence-corrected chi connectivity index (χ0v) is 9.64. The fourth-order valence-electron chi connectivity index (χ4n) is 1.51. The zero-order chi connectivity index (χ0) is 12.2. The molecule has 1 aromatic heterocycles. The van der Waals surface area contributed by atoms with E-state index < -0.39 is 11.4 Å². The molecule has 0 fully saturated rings. The lowest BCUT2D eigenvalue weighted by Gasteiger charge is -2.28. The molecule has 6 nitrogen and oxygen atoms in total. The molecule has 1 heterocycles. The molecule has 1 atom stereocenters. The molecule has 88 valence electrons. The van der Waals surface area contributed by atoms with Crippen LogP contribution >= 0.6 is 0 Å². The highest BCUT2D eigenvalue weighted by Gasteiger charge is 2.36. The van der Waals surface area contributed by atoms with Crippen LogP contribution in [-0.4, -0.2) is 33.7 Å². The normalized spacial score (nSPS) is 15.6. The van der Waals surface area contributed by atoms with Gasteiger partial charge in [-0.3, -0.25) is 9.48 Å². The summed E-state index contributed by atoms with van der Waals surface area (Å²) in [5.41, 5.74) is -0.709. The van der Waals surface area contributed by atoms with Crippen molar-refractivity contribution in [2.75, 3.05) is 7.05 Å². The van der Waals surface area contributed by atoms with E-state index in [9.17, 15) is 4.79 Å². The average Bonchev–Trinajstić information content (AvgIpc) is 2.83. The molecule has 1 amide bonds.